The van der Waals surface area contributed by atoms with E-state index < -0.39 is 0 Å². The van der Waals surface area contributed by atoms with E-state index in [2.05, 4.69) is 59.6 Å². The lowest BCUT2D eigenvalue weighted by Gasteiger charge is -2.10. The number of imidazole rings is 1. The van der Waals surface area contributed by atoms with Crippen LogP contribution in [0.1, 0.15) is 0 Å². The SMILES string of the molecule is Brc1cc(Br)cc(-n2c(-c3ccccn3)nc3ccccc32)c1. The van der Waals surface area contributed by atoms with E-state index >= 15 is 0 Å². The van der Waals surface area contributed by atoms with E-state index in [0.717, 1.165) is 37.2 Å². The van der Waals surface area contributed by atoms with Crippen LogP contribution >= 0.6 is 31.9 Å². The molecule has 2 aromatic heterocycles. The normalized spacial score (nSPS) is 11.0. The average molecular weight is 429 g/mol. The molecule has 0 saturated heterocycles. The van der Waals surface area contributed by atoms with E-state index in [1.807, 2.05) is 42.5 Å². The van der Waals surface area contributed by atoms with Gasteiger partial charge in [0, 0.05) is 20.8 Å². The first-order valence-electron chi connectivity index (χ1n) is 7.08. The van der Waals surface area contributed by atoms with Crippen molar-refractivity contribution in [1.82, 2.24) is 14.5 Å². The lowest BCUT2D eigenvalue weighted by Crippen LogP contribution is -1.99. The molecule has 0 saturated carbocycles. The van der Waals surface area contributed by atoms with Crippen molar-refractivity contribution < 1.29 is 0 Å². The van der Waals surface area contributed by atoms with Crippen molar-refractivity contribution in [3.05, 3.63) is 75.8 Å². The van der Waals surface area contributed by atoms with Crippen molar-refractivity contribution in [3.63, 3.8) is 0 Å². The zero-order valence-electron chi connectivity index (χ0n) is 11.9. The number of para-hydroxylation sites is 2. The van der Waals surface area contributed by atoms with Gasteiger partial charge >= 0.3 is 0 Å². The number of pyridine rings is 1. The summed E-state index contributed by atoms with van der Waals surface area (Å²) >= 11 is 7.13. The summed E-state index contributed by atoms with van der Waals surface area (Å²) in [5, 5.41) is 0. The minimum absolute atomic E-state index is 0.830. The van der Waals surface area contributed by atoms with Gasteiger partial charge in [-0.2, -0.15) is 0 Å². The van der Waals surface area contributed by atoms with Gasteiger partial charge in [0.2, 0.25) is 0 Å². The molecule has 5 heteroatoms. The van der Waals surface area contributed by atoms with Crippen LogP contribution < -0.4 is 0 Å². The molecule has 0 aliphatic rings. The standard InChI is InChI=1S/C18H11Br2N3/c19-12-9-13(20)11-14(10-12)23-17-7-2-1-5-15(17)22-18(23)16-6-3-4-8-21-16/h1-11H. The largest absolute Gasteiger partial charge is 0.291 e. The number of nitrogens with zero attached hydrogens (tertiary/aromatic N) is 3. The van der Waals surface area contributed by atoms with Gasteiger partial charge < -0.3 is 0 Å². The van der Waals surface area contributed by atoms with Crippen molar-refractivity contribution in [2.45, 2.75) is 0 Å². The van der Waals surface area contributed by atoms with Gasteiger partial charge in [0.1, 0.15) is 5.69 Å². The molecule has 0 fully saturated rings. The quantitative estimate of drug-likeness (QED) is 0.415. The van der Waals surface area contributed by atoms with E-state index in [1.165, 1.54) is 0 Å². The van der Waals surface area contributed by atoms with Crippen molar-refractivity contribution in [3.8, 4) is 17.2 Å². The first-order valence-corrected chi connectivity index (χ1v) is 8.66. The van der Waals surface area contributed by atoms with E-state index in [4.69, 9.17) is 4.98 Å². The summed E-state index contributed by atoms with van der Waals surface area (Å²) in [4.78, 5) is 9.26. The van der Waals surface area contributed by atoms with E-state index in [9.17, 15) is 0 Å². The third kappa shape index (κ3) is 2.71. The van der Waals surface area contributed by atoms with Crippen LogP contribution in [-0.2, 0) is 0 Å². The second-order valence-corrected chi connectivity index (χ2v) is 6.93. The molecule has 2 aromatic carbocycles. The van der Waals surface area contributed by atoms with Crippen LogP contribution in [0.3, 0.4) is 0 Å². The van der Waals surface area contributed by atoms with Crippen molar-refractivity contribution in [2.75, 3.05) is 0 Å². The maximum atomic E-state index is 4.79. The summed E-state index contributed by atoms with van der Waals surface area (Å²) in [5.74, 6) is 0.830. The Morgan fingerprint density at radius 3 is 2.30 bits per heavy atom. The van der Waals surface area contributed by atoms with Gasteiger partial charge in [-0.25, -0.2) is 4.98 Å². The zero-order valence-corrected chi connectivity index (χ0v) is 15.1. The first kappa shape index (κ1) is 14.6. The second kappa shape index (κ2) is 5.91. The summed E-state index contributed by atoms with van der Waals surface area (Å²) in [6, 6.07) is 20.1. The first-order chi connectivity index (χ1) is 11.2. The highest BCUT2D eigenvalue weighted by molar-refractivity contribution is 9.11. The number of fused-ring (bicyclic) bond motifs is 1. The topological polar surface area (TPSA) is 30.7 Å². The highest BCUT2D eigenvalue weighted by Crippen LogP contribution is 2.30. The predicted octanol–water partition coefficient (Wildman–Crippen LogP) is 5.61. The van der Waals surface area contributed by atoms with Gasteiger partial charge in [0.25, 0.3) is 0 Å². The van der Waals surface area contributed by atoms with Gasteiger partial charge in [-0.05, 0) is 42.5 Å². The summed E-state index contributed by atoms with van der Waals surface area (Å²) in [7, 11) is 0. The number of hydrogen-bond acceptors (Lipinski definition) is 2. The fourth-order valence-electron chi connectivity index (χ4n) is 2.62. The molecule has 4 rings (SSSR count). The Morgan fingerprint density at radius 2 is 1.57 bits per heavy atom. The fourth-order valence-corrected chi connectivity index (χ4v) is 3.89. The Bertz CT molecular complexity index is 974. The molecule has 112 valence electrons. The Labute approximate surface area is 150 Å². The van der Waals surface area contributed by atoms with Crippen molar-refractivity contribution in [2.24, 2.45) is 0 Å². The molecular weight excluding hydrogens is 418 g/mol. The molecule has 0 unspecified atom stereocenters. The third-order valence-corrected chi connectivity index (χ3v) is 4.48. The van der Waals surface area contributed by atoms with Crippen LogP contribution in [0.15, 0.2) is 75.8 Å². The summed E-state index contributed by atoms with van der Waals surface area (Å²) < 4.78 is 4.14. The Hall–Kier alpha value is -1.98. The summed E-state index contributed by atoms with van der Waals surface area (Å²) in [5.41, 5.74) is 3.88. The maximum Gasteiger partial charge on any atom is 0.164 e. The van der Waals surface area contributed by atoms with Gasteiger partial charge in [-0.3, -0.25) is 9.55 Å². The Kier molecular flexibility index (Phi) is 3.75. The summed E-state index contributed by atoms with van der Waals surface area (Å²) in [6.07, 6.45) is 1.79. The number of benzene rings is 2. The number of hydrogen-bond donors (Lipinski definition) is 0. The molecule has 23 heavy (non-hydrogen) atoms. The van der Waals surface area contributed by atoms with Crippen LogP contribution in [0.25, 0.3) is 28.2 Å². The molecule has 0 bridgehead atoms. The third-order valence-electron chi connectivity index (χ3n) is 3.56. The molecule has 2 heterocycles. The van der Waals surface area contributed by atoms with Gasteiger partial charge in [0.05, 0.1) is 11.0 Å². The minimum atomic E-state index is 0.830. The highest BCUT2D eigenvalue weighted by atomic mass is 79.9. The molecule has 0 N–H and O–H groups in total. The van der Waals surface area contributed by atoms with Crippen LogP contribution in [0.5, 0.6) is 0 Å². The number of rotatable bonds is 2. The van der Waals surface area contributed by atoms with Gasteiger partial charge in [-0.1, -0.05) is 50.1 Å². The predicted molar refractivity (Wildman–Crippen MR) is 99.7 cm³/mol. The van der Waals surface area contributed by atoms with Gasteiger partial charge in [0.15, 0.2) is 5.82 Å². The van der Waals surface area contributed by atoms with Crippen molar-refractivity contribution >= 4 is 42.9 Å². The Morgan fingerprint density at radius 1 is 0.826 bits per heavy atom. The Balaban J connectivity index is 2.07. The molecule has 0 aliphatic carbocycles. The molecule has 0 atom stereocenters. The van der Waals surface area contributed by atoms with Crippen LogP contribution in [0.2, 0.25) is 0 Å². The number of aromatic nitrogens is 3. The fraction of sp³-hybridized carbons (Fsp3) is 0. The molecule has 0 aliphatic heterocycles. The molecule has 0 spiro atoms. The number of halogens is 2. The van der Waals surface area contributed by atoms with Crippen LogP contribution in [0.4, 0.5) is 0 Å². The van der Waals surface area contributed by atoms with E-state index in [1.54, 1.807) is 6.20 Å². The molecule has 0 radical (unpaired) electrons. The molecule has 3 nitrogen and oxygen atoms in total. The average Bonchev–Trinajstić information content (AvgIpc) is 2.94. The molecule has 4 aromatic rings. The smallest absolute Gasteiger partial charge is 0.164 e. The van der Waals surface area contributed by atoms with Gasteiger partial charge in [-0.15, -0.1) is 0 Å². The second-order valence-electron chi connectivity index (χ2n) is 5.10. The lowest BCUT2D eigenvalue weighted by molar-refractivity contribution is 1.08. The van der Waals surface area contributed by atoms with Crippen LogP contribution in [-0.4, -0.2) is 14.5 Å². The highest BCUT2D eigenvalue weighted by Gasteiger charge is 2.15. The molecular formula is C18H11Br2N3. The maximum absolute atomic E-state index is 4.79. The summed E-state index contributed by atoms with van der Waals surface area (Å²) in [6.45, 7) is 0. The van der Waals surface area contributed by atoms with Crippen LogP contribution in [0, 0.1) is 0 Å². The monoisotopic (exact) mass is 427 g/mol. The van der Waals surface area contributed by atoms with E-state index in [0.29, 0.717) is 0 Å². The zero-order chi connectivity index (χ0) is 15.8. The molecule has 0 amide bonds. The van der Waals surface area contributed by atoms with E-state index in [-0.39, 0.29) is 0 Å². The van der Waals surface area contributed by atoms with Crippen molar-refractivity contribution in [1.29, 1.82) is 0 Å². The lowest BCUT2D eigenvalue weighted by atomic mass is 10.2. The minimum Gasteiger partial charge on any atom is -0.291 e.